The van der Waals surface area contributed by atoms with E-state index in [2.05, 4.69) is 17.3 Å². The predicted molar refractivity (Wildman–Crippen MR) is 71.0 cm³/mol. The van der Waals surface area contributed by atoms with Gasteiger partial charge in [0.1, 0.15) is 0 Å². The van der Waals surface area contributed by atoms with Crippen LogP contribution >= 0.6 is 0 Å². The van der Waals surface area contributed by atoms with Crippen LogP contribution in [0.4, 0.5) is 0 Å². The molecule has 1 rings (SSSR count). The largest absolute Gasteiger partial charge is 0.342 e. The molecular weight excluding hydrogens is 214 g/mol. The third-order valence-electron chi connectivity index (χ3n) is 3.55. The fourth-order valence-electron chi connectivity index (χ4n) is 2.48. The summed E-state index contributed by atoms with van der Waals surface area (Å²) in [5.41, 5.74) is 0. The average Bonchev–Trinajstić information content (AvgIpc) is 2.31. The number of piperidine rings is 1. The molecule has 1 heterocycles. The third kappa shape index (κ3) is 5.04. The maximum absolute atomic E-state index is 11.9. The molecule has 1 N–H and O–H groups in total. The van der Waals surface area contributed by atoms with Gasteiger partial charge in [0.05, 0.1) is 6.54 Å². The Labute approximate surface area is 105 Å². The van der Waals surface area contributed by atoms with Gasteiger partial charge < -0.3 is 10.2 Å². The zero-order valence-corrected chi connectivity index (χ0v) is 11.5. The van der Waals surface area contributed by atoms with E-state index in [1.54, 1.807) is 0 Å². The van der Waals surface area contributed by atoms with Crippen molar-refractivity contribution >= 4 is 5.91 Å². The molecule has 100 valence electrons. The van der Waals surface area contributed by atoms with Crippen molar-refractivity contribution < 1.29 is 4.79 Å². The summed E-state index contributed by atoms with van der Waals surface area (Å²) in [7, 11) is 2.06. The Morgan fingerprint density at radius 3 is 2.35 bits per heavy atom. The van der Waals surface area contributed by atoms with Gasteiger partial charge in [-0.25, -0.2) is 0 Å². The highest BCUT2D eigenvalue weighted by Gasteiger charge is 2.17. The van der Waals surface area contributed by atoms with Gasteiger partial charge in [0.2, 0.25) is 5.91 Å². The standard InChI is InChI=1S/C13H27N3O/c1-4-16(5-2)13(17)11-15(3)10-12-6-8-14-9-7-12/h12,14H,4-11H2,1-3H3. The van der Waals surface area contributed by atoms with Crippen LogP contribution in [0.25, 0.3) is 0 Å². The molecule has 1 fully saturated rings. The molecule has 0 aromatic heterocycles. The first-order chi connectivity index (χ1) is 8.17. The molecule has 0 unspecified atom stereocenters. The van der Waals surface area contributed by atoms with Gasteiger partial charge in [-0.15, -0.1) is 0 Å². The van der Waals surface area contributed by atoms with Crippen molar-refractivity contribution in [1.82, 2.24) is 15.1 Å². The first kappa shape index (κ1) is 14.5. The van der Waals surface area contributed by atoms with Crippen molar-refractivity contribution in [3.05, 3.63) is 0 Å². The topological polar surface area (TPSA) is 35.6 Å². The first-order valence-corrected chi connectivity index (χ1v) is 6.84. The number of nitrogens with zero attached hydrogens (tertiary/aromatic N) is 2. The molecular formula is C13H27N3O. The lowest BCUT2D eigenvalue weighted by Crippen LogP contribution is -2.41. The number of carbonyl (C=O) groups is 1. The van der Waals surface area contributed by atoms with Crippen LogP contribution in [0.3, 0.4) is 0 Å². The van der Waals surface area contributed by atoms with E-state index in [1.807, 2.05) is 18.7 Å². The second-order valence-corrected chi connectivity index (χ2v) is 4.96. The zero-order chi connectivity index (χ0) is 12.7. The second kappa shape index (κ2) is 7.67. The molecule has 0 atom stereocenters. The van der Waals surface area contributed by atoms with Crippen LogP contribution in [0.5, 0.6) is 0 Å². The van der Waals surface area contributed by atoms with E-state index in [0.717, 1.165) is 38.6 Å². The Hall–Kier alpha value is -0.610. The minimum absolute atomic E-state index is 0.256. The van der Waals surface area contributed by atoms with Crippen LogP contribution in [0.15, 0.2) is 0 Å². The highest BCUT2D eigenvalue weighted by atomic mass is 16.2. The smallest absolute Gasteiger partial charge is 0.236 e. The Morgan fingerprint density at radius 1 is 1.24 bits per heavy atom. The van der Waals surface area contributed by atoms with Crippen molar-refractivity contribution in [3.63, 3.8) is 0 Å². The number of hydrogen-bond donors (Lipinski definition) is 1. The summed E-state index contributed by atoms with van der Waals surface area (Å²) < 4.78 is 0. The van der Waals surface area contributed by atoms with Gasteiger partial charge in [-0.2, -0.15) is 0 Å². The van der Waals surface area contributed by atoms with E-state index >= 15 is 0 Å². The van der Waals surface area contributed by atoms with Crippen LogP contribution in [-0.4, -0.2) is 62.0 Å². The third-order valence-corrected chi connectivity index (χ3v) is 3.55. The Morgan fingerprint density at radius 2 is 1.82 bits per heavy atom. The van der Waals surface area contributed by atoms with Gasteiger partial charge in [-0.1, -0.05) is 0 Å². The van der Waals surface area contributed by atoms with Crippen LogP contribution in [-0.2, 0) is 4.79 Å². The lowest BCUT2D eigenvalue weighted by Gasteiger charge is -2.28. The highest BCUT2D eigenvalue weighted by molar-refractivity contribution is 5.78. The SMILES string of the molecule is CCN(CC)C(=O)CN(C)CC1CCNCC1. The fraction of sp³-hybridized carbons (Fsp3) is 0.923. The van der Waals surface area contributed by atoms with Crippen molar-refractivity contribution in [2.45, 2.75) is 26.7 Å². The molecule has 0 spiro atoms. The summed E-state index contributed by atoms with van der Waals surface area (Å²) in [6.45, 7) is 9.57. The number of nitrogens with one attached hydrogen (secondary N) is 1. The minimum Gasteiger partial charge on any atom is -0.342 e. The molecule has 1 aliphatic rings. The Bertz CT molecular complexity index is 223. The Kier molecular flexibility index (Phi) is 6.52. The quantitative estimate of drug-likeness (QED) is 0.747. The highest BCUT2D eigenvalue weighted by Crippen LogP contribution is 2.12. The maximum Gasteiger partial charge on any atom is 0.236 e. The van der Waals surface area contributed by atoms with E-state index in [-0.39, 0.29) is 5.91 Å². The van der Waals surface area contributed by atoms with Crippen molar-refractivity contribution in [1.29, 1.82) is 0 Å². The van der Waals surface area contributed by atoms with Crippen LogP contribution in [0.1, 0.15) is 26.7 Å². The maximum atomic E-state index is 11.9. The fourth-order valence-corrected chi connectivity index (χ4v) is 2.48. The van der Waals surface area contributed by atoms with Crippen LogP contribution in [0, 0.1) is 5.92 Å². The summed E-state index contributed by atoms with van der Waals surface area (Å²) >= 11 is 0. The van der Waals surface area contributed by atoms with Crippen LogP contribution < -0.4 is 5.32 Å². The molecule has 0 aromatic rings. The predicted octanol–water partition coefficient (Wildman–Crippen LogP) is 0.786. The molecule has 17 heavy (non-hydrogen) atoms. The molecule has 0 saturated carbocycles. The monoisotopic (exact) mass is 241 g/mol. The van der Waals surface area contributed by atoms with E-state index in [9.17, 15) is 4.79 Å². The first-order valence-electron chi connectivity index (χ1n) is 6.84. The minimum atomic E-state index is 0.256. The molecule has 0 aliphatic carbocycles. The van der Waals surface area contributed by atoms with Crippen molar-refractivity contribution in [2.24, 2.45) is 5.92 Å². The van der Waals surface area contributed by atoms with E-state index in [0.29, 0.717) is 6.54 Å². The molecule has 0 bridgehead atoms. The van der Waals surface area contributed by atoms with Crippen molar-refractivity contribution in [3.8, 4) is 0 Å². The van der Waals surface area contributed by atoms with Crippen LogP contribution in [0.2, 0.25) is 0 Å². The van der Waals surface area contributed by atoms with Gasteiger partial charge in [0, 0.05) is 19.6 Å². The summed E-state index contributed by atoms with van der Waals surface area (Å²) in [6, 6.07) is 0. The van der Waals surface area contributed by atoms with E-state index < -0.39 is 0 Å². The molecule has 1 amide bonds. The van der Waals surface area contributed by atoms with Gasteiger partial charge in [-0.3, -0.25) is 9.69 Å². The summed E-state index contributed by atoms with van der Waals surface area (Å²) in [6.07, 6.45) is 2.48. The lowest BCUT2D eigenvalue weighted by molar-refractivity contribution is -0.131. The molecule has 1 aliphatic heterocycles. The van der Waals surface area contributed by atoms with E-state index in [1.165, 1.54) is 12.8 Å². The van der Waals surface area contributed by atoms with Gasteiger partial charge in [-0.05, 0) is 52.7 Å². The molecule has 0 aromatic carbocycles. The normalized spacial score (nSPS) is 17.4. The van der Waals surface area contributed by atoms with Gasteiger partial charge in [0.25, 0.3) is 0 Å². The van der Waals surface area contributed by atoms with Gasteiger partial charge >= 0.3 is 0 Å². The Balaban J connectivity index is 2.27. The molecule has 1 saturated heterocycles. The van der Waals surface area contributed by atoms with Gasteiger partial charge in [0.15, 0.2) is 0 Å². The lowest BCUT2D eigenvalue weighted by atomic mass is 9.98. The second-order valence-electron chi connectivity index (χ2n) is 4.96. The zero-order valence-electron chi connectivity index (χ0n) is 11.5. The van der Waals surface area contributed by atoms with Crippen molar-refractivity contribution in [2.75, 3.05) is 46.3 Å². The molecule has 4 nitrogen and oxygen atoms in total. The molecule has 4 heteroatoms. The summed E-state index contributed by atoms with van der Waals surface area (Å²) in [5.74, 6) is 1.01. The number of likely N-dealkylation sites (N-methyl/N-ethyl adjacent to an activating group) is 2. The van der Waals surface area contributed by atoms with E-state index in [4.69, 9.17) is 0 Å². The summed E-state index contributed by atoms with van der Waals surface area (Å²) in [5, 5.41) is 3.37. The number of rotatable bonds is 6. The number of carbonyl (C=O) groups excluding carboxylic acids is 1. The number of amides is 1. The number of hydrogen-bond acceptors (Lipinski definition) is 3. The molecule has 0 radical (unpaired) electrons. The summed E-state index contributed by atoms with van der Waals surface area (Å²) in [4.78, 5) is 16.0. The average molecular weight is 241 g/mol.